The molecule has 0 fully saturated rings. The third-order valence-corrected chi connectivity index (χ3v) is 6.01. The number of pyridine rings is 1. The summed E-state index contributed by atoms with van der Waals surface area (Å²) in [5.41, 5.74) is 5.44. The molecule has 0 spiro atoms. The Morgan fingerprint density at radius 1 is 1.05 bits per heavy atom. The van der Waals surface area contributed by atoms with Gasteiger partial charge < -0.3 is 26.2 Å². The summed E-state index contributed by atoms with van der Waals surface area (Å²) in [4.78, 5) is 42.1. The number of nitrogens with zero attached hydrogens (tertiary/aromatic N) is 1. The van der Waals surface area contributed by atoms with E-state index in [1.807, 2.05) is 0 Å². The second-order valence-electron chi connectivity index (χ2n) is 7.44. The van der Waals surface area contributed by atoms with Gasteiger partial charge in [0, 0.05) is 28.1 Å². The topological polar surface area (TPSA) is 161 Å². The minimum atomic E-state index is -1.31. The Hall–Kier alpha value is -3.51. The number of nitrogens with two attached hydrogens (primary N) is 1. The predicted molar refractivity (Wildman–Crippen MR) is 144 cm³/mol. The second-order valence-corrected chi connectivity index (χ2v) is 9.25. The molecule has 37 heavy (non-hydrogen) atoms. The van der Waals surface area contributed by atoms with Crippen molar-refractivity contribution in [2.75, 3.05) is 30.0 Å². The van der Waals surface area contributed by atoms with Gasteiger partial charge in [0.25, 0.3) is 11.8 Å². The molecule has 0 radical (unpaired) electrons. The summed E-state index contributed by atoms with van der Waals surface area (Å²) < 4.78 is 17.6. The van der Waals surface area contributed by atoms with Gasteiger partial charge in [0.1, 0.15) is 11.6 Å². The third-order valence-electron chi connectivity index (χ3n) is 4.86. The molecule has 3 rings (SSSR count). The predicted octanol–water partition coefficient (Wildman–Crippen LogP) is 3.82. The maximum atomic E-state index is 13.2. The number of benzene rings is 2. The minimum Gasteiger partial charge on any atom is -0.493 e. The molecule has 0 saturated carbocycles. The monoisotopic (exact) mass is 566 g/mol. The zero-order chi connectivity index (χ0) is 26.2. The normalized spacial score (nSPS) is 11.1. The molecule has 0 aliphatic carbocycles. The van der Waals surface area contributed by atoms with E-state index in [-0.39, 0.29) is 53.0 Å². The molecule has 1 heterocycles. The number of aromatic carboxylic acids is 1. The lowest BCUT2D eigenvalue weighted by atomic mass is 10.1. The lowest BCUT2D eigenvalue weighted by Gasteiger charge is -2.15. The van der Waals surface area contributed by atoms with E-state index in [4.69, 9.17) is 22.1 Å². The first-order chi connectivity index (χ1) is 17.2. The Kier molecular flexibility index (Phi) is 11.0. The molecule has 0 bridgehead atoms. The van der Waals surface area contributed by atoms with Crippen molar-refractivity contribution in [3.05, 3.63) is 76.4 Å². The van der Waals surface area contributed by atoms with E-state index in [1.54, 1.807) is 6.07 Å². The molecule has 2 amide bonds. The largest absolute Gasteiger partial charge is 0.493 e. The van der Waals surface area contributed by atoms with Gasteiger partial charge in [-0.1, -0.05) is 11.6 Å². The molecule has 1 atom stereocenters. The average Bonchev–Trinajstić information content (AvgIpc) is 2.85. The molecule has 196 valence electrons. The molecule has 1 aromatic heterocycles. The molecule has 5 N–H and O–H groups in total. The molecular weight excluding hydrogens is 543 g/mol. The summed E-state index contributed by atoms with van der Waals surface area (Å²) in [6.45, 7) is 0.608. The Morgan fingerprint density at radius 3 is 2.38 bits per heavy atom. The van der Waals surface area contributed by atoms with E-state index in [0.29, 0.717) is 22.9 Å². The number of anilines is 2. The van der Waals surface area contributed by atoms with Gasteiger partial charge in [-0.3, -0.25) is 13.8 Å². The number of carbonyl (C=O) groups excluding carboxylic acids is 2. The number of ether oxygens (including phenoxy) is 1. The van der Waals surface area contributed by atoms with E-state index < -0.39 is 28.6 Å². The van der Waals surface area contributed by atoms with Crippen LogP contribution in [0.5, 0.6) is 5.75 Å². The maximum Gasteiger partial charge on any atom is 0.335 e. The fraction of sp³-hybridized carbons (Fsp3) is 0.167. The van der Waals surface area contributed by atoms with Crippen molar-refractivity contribution < 1.29 is 28.4 Å². The molecule has 0 aliphatic rings. The van der Waals surface area contributed by atoms with Crippen LogP contribution in [0, 0.1) is 0 Å². The standard InChI is InChI=1S/C24H23ClN4O6S.ClH/c1-36(34)16-5-7-18(20(12-16)35-10-2-9-26)23(31)28-19-11-14(24(32)33)3-6-17(19)22(30)29-21-8-4-15(25)13-27-21;/h3-8,11-13H,2,9-10,26H2,1H3,(H,28,31)(H,32,33)(H,27,29,30);1H. The Morgan fingerprint density at radius 2 is 1.76 bits per heavy atom. The van der Waals surface area contributed by atoms with Crippen LogP contribution in [0.25, 0.3) is 0 Å². The summed E-state index contributed by atoms with van der Waals surface area (Å²) >= 11 is 5.82. The number of carbonyl (C=O) groups is 3. The molecule has 0 saturated heterocycles. The summed E-state index contributed by atoms with van der Waals surface area (Å²) in [5.74, 6) is -2.14. The van der Waals surface area contributed by atoms with Gasteiger partial charge in [0.2, 0.25) is 0 Å². The second kappa shape index (κ2) is 13.7. The van der Waals surface area contributed by atoms with Crippen LogP contribution in [0.3, 0.4) is 0 Å². The van der Waals surface area contributed by atoms with E-state index in [2.05, 4.69) is 15.6 Å². The molecular formula is C24H24Cl2N4O6S. The third kappa shape index (κ3) is 7.99. The molecule has 2 aromatic carbocycles. The van der Waals surface area contributed by atoms with Crippen molar-refractivity contribution in [1.29, 1.82) is 0 Å². The first-order valence-corrected chi connectivity index (χ1v) is 12.5. The minimum absolute atomic E-state index is 0. The number of aromatic nitrogens is 1. The Bertz CT molecular complexity index is 1320. The molecule has 3 aromatic rings. The van der Waals surface area contributed by atoms with Crippen LogP contribution < -0.4 is 21.1 Å². The fourth-order valence-electron chi connectivity index (χ4n) is 3.06. The average molecular weight is 567 g/mol. The van der Waals surface area contributed by atoms with E-state index in [9.17, 15) is 23.7 Å². The Balaban J connectivity index is 0.00000481. The maximum absolute atomic E-state index is 13.2. The SMILES string of the molecule is CS(=O)c1ccc(C(=O)Nc2cc(C(=O)O)ccc2C(=O)Nc2ccc(Cl)cn2)c(OCCCN)c1.Cl. The highest BCUT2D eigenvalue weighted by Gasteiger charge is 2.20. The van der Waals surface area contributed by atoms with Gasteiger partial charge in [-0.25, -0.2) is 9.78 Å². The van der Waals surface area contributed by atoms with Crippen molar-refractivity contribution in [2.45, 2.75) is 11.3 Å². The van der Waals surface area contributed by atoms with E-state index in [0.717, 1.165) is 0 Å². The lowest BCUT2D eigenvalue weighted by molar-refractivity contribution is 0.0696. The van der Waals surface area contributed by atoms with Gasteiger partial charge in [0.15, 0.2) is 0 Å². The quantitative estimate of drug-likeness (QED) is 0.269. The number of halogens is 2. The smallest absolute Gasteiger partial charge is 0.335 e. The van der Waals surface area contributed by atoms with Gasteiger partial charge in [-0.15, -0.1) is 12.4 Å². The van der Waals surface area contributed by atoms with Crippen molar-refractivity contribution >= 4 is 64.1 Å². The number of hydrogen-bond donors (Lipinski definition) is 4. The summed E-state index contributed by atoms with van der Waals surface area (Å²) in [7, 11) is -1.31. The lowest BCUT2D eigenvalue weighted by Crippen LogP contribution is -2.20. The van der Waals surface area contributed by atoms with Crippen molar-refractivity contribution in [3.63, 3.8) is 0 Å². The molecule has 1 unspecified atom stereocenters. The molecule has 10 nitrogen and oxygen atoms in total. The van der Waals surface area contributed by atoms with Gasteiger partial charge in [-0.2, -0.15) is 0 Å². The van der Waals surface area contributed by atoms with Crippen molar-refractivity contribution in [2.24, 2.45) is 5.73 Å². The van der Waals surface area contributed by atoms with E-state index in [1.165, 1.54) is 54.9 Å². The highest BCUT2D eigenvalue weighted by atomic mass is 35.5. The fourth-order valence-corrected chi connectivity index (χ4v) is 3.70. The van der Waals surface area contributed by atoms with Crippen LogP contribution in [0.4, 0.5) is 11.5 Å². The zero-order valence-corrected chi connectivity index (χ0v) is 21.9. The van der Waals surface area contributed by atoms with Crippen molar-refractivity contribution in [1.82, 2.24) is 4.98 Å². The van der Waals surface area contributed by atoms with E-state index >= 15 is 0 Å². The number of carboxylic acid groups (broad SMARTS) is 1. The summed E-state index contributed by atoms with van der Waals surface area (Å²) in [6.07, 6.45) is 3.38. The van der Waals surface area contributed by atoms with Crippen LogP contribution in [0.15, 0.2) is 59.6 Å². The van der Waals surface area contributed by atoms with Crippen LogP contribution in [0.1, 0.15) is 37.5 Å². The number of hydrogen-bond acceptors (Lipinski definition) is 7. The van der Waals surface area contributed by atoms with Crippen LogP contribution in [0.2, 0.25) is 5.02 Å². The highest BCUT2D eigenvalue weighted by molar-refractivity contribution is 7.84. The van der Waals surface area contributed by atoms with Gasteiger partial charge in [-0.05, 0) is 61.5 Å². The first-order valence-electron chi connectivity index (χ1n) is 10.6. The number of amides is 2. The number of rotatable bonds is 10. The Labute approximate surface area is 226 Å². The van der Waals surface area contributed by atoms with Crippen LogP contribution in [-0.4, -0.2) is 51.5 Å². The molecule has 0 aliphatic heterocycles. The van der Waals surface area contributed by atoms with Gasteiger partial charge >= 0.3 is 5.97 Å². The van der Waals surface area contributed by atoms with Crippen molar-refractivity contribution in [3.8, 4) is 5.75 Å². The zero-order valence-electron chi connectivity index (χ0n) is 19.5. The summed E-state index contributed by atoms with van der Waals surface area (Å²) in [6, 6.07) is 11.2. The van der Waals surface area contributed by atoms with Crippen LogP contribution in [-0.2, 0) is 10.8 Å². The first kappa shape index (κ1) is 29.7. The van der Waals surface area contributed by atoms with Gasteiger partial charge in [0.05, 0.1) is 34.0 Å². The number of nitrogens with one attached hydrogen (secondary N) is 2. The molecule has 13 heteroatoms. The number of carboxylic acids is 1. The summed E-state index contributed by atoms with van der Waals surface area (Å²) in [5, 5.41) is 15.0. The highest BCUT2D eigenvalue weighted by Crippen LogP contribution is 2.26. The van der Waals surface area contributed by atoms with Crippen LogP contribution >= 0.6 is 24.0 Å².